The van der Waals surface area contributed by atoms with Crippen molar-refractivity contribution in [2.75, 3.05) is 12.4 Å². The Bertz CT molecular complexity index is 1180. The van der Waals surface area contributed by atoms with Gasteiger partial charge in [0.1, 0.15) is 5.75 Å². The van der Waals surface area contributed by atoms with E-state index >= 15 is 0 Å². The van der Waals surface area contributed by atoms with Gasteiger partial charge >= 0.3 is 0 Å². The van der Waals surface area contributed by atoms with Crippen LogP contribution in [0, 0.1) is 0 Å². The molecule has 4 aromatic rings. The molecule has 148 valence electrons. The number of aromatic amines is 1. The van der Waals surface area contributed by atoms with Gasteiger partial charge in [-0.15, -0.1) is 0 Å². The van der Waals surface area contributed by atoms with Crippen molar-refractivity contribution in [2.45, 2.75) is 19.9 Å². The van der Waals surface area contributed by atoms with Crippen LogP contribution < -0.4 is 10.1 Å². The minimum Gasteiger partial charge on any atom is -0.497 e. The van der Waals surface area contributed by atoms with Crippen molar-refractivity contribution in [2.24, 2.45) is 0 Å². The predicted octanol–water partition coefficient (Wildman–Crippen LogP) is 4.89. The summed E-state index contributed by atoms with van der Waals surface area (Å²) < 4.78 is 7.35. The van der Waals surface area contributed by atoms with Crippen LogP contribution in [0.5, 0.6) is 5.75 Å². The predicted molar refractivity (Wildman–Crippen MR) is 116 cm³/mol. The molecule has 0 unspecified atom stereocenters. The summed E-state index contributed by atoms with van der Waals surface area (Å²) in [6.45, 7) is 2.94. The molecule has 0 aliphatic carbocycles. The van der Waals surface area contributed by atoms with E-state index in [9.17, 15) is 4.79 Å². The molecule has 1 amide bonds. The molecule has 0 aliphatic heterocycles. The molecule has 6 nitrogen and oxygen atoms in total. The standard InChI is InChI=1S/C22H21ClN4O2/c1-3-27-19-7-5-4-6-15(19)10-20(27)18-13-21(26-25-18)24-22(28)11-14-8-9-16(29-2)12-17(14)23/h4-10,12-13H,3,11H2,1-2H3,(H2,24,25,26,28). The van der Waals surface area contributed by atoms with Crippen molar-refractivity contribution in [3.8, 4) is 17.1 Å². The number of aryl methyl sites for hydroxylation is 1. The number of benzene rings is 2. The fraction of sp³-hybridized carbons (Fsp3) is 0.182. The summed E-state index contributed by atoms with van der Waals surface area (Å²) in [6, 6.07) is 17.5. The largest absolute Gasteiger partial charge is 0.497 e. The van der Waals surface area contributed by atoms with Crippen LogP contribution in [0.15, 0.2) is 54.6 Å². The zero-order valence-electron chi connectivity index (χ0n) is 16.2. The number of aromatic nitrogens is 3. The van der Waals surface area contributed by atoms with Gasteiger partial charge in [-0.05, 0) is 36.8 Å². The number of carbonyl (C=O) groups is 1. The lowest BCUT2D eigenvalue weighted by Crippen LogP contribution is -2.14. The first-order chi connectivity index (χ1) is 14.1. The number of amides is 1. The van der Waals surface area contributed by atoms with Gasteiger partial charge in [-0.1, -0.05) is 35.9 Å². The number of hydrogen-bond donors (Lipinski definition) is 2. The summed E-state index contributed by atoms with van der Waals surface area (Å²) in [5, 5.41) is 11.8. The highest BCUT2D eigenvalue weighted by molar-refractivity contribution is 6.31. The molecule has 29 heavy (non-hydrogen) atoms. The van der Waals surface area contributed by atoms with Gasteiger partial charge in [0.2, 0.25) is 5.91 Å². The van der Waals surface area contributed by atoms with Gasteiger partial charge in [0, 0.05) is 28.5 Å². The van der Waals surface area contributed by atoms with Crippen LogP contribution in [-0.2, 0) is 17.8 Å². The van der Waals surface area contributed by atoms with Crippen LogP contribution in [-0.4, -0.2) is 27.8 Å². The van der Waals surface area contributed by atoms with E-state index in [1.807, 2.05) is 18.2 Å². The monoisotopic (exact) mass is 408 g/mol. The molecule has 2 aromatic heterocycles. The fourth-order valence-corrected chi connectivity index (χ4v) is 3.69. The van der Waals surface area contributed by atoms with Gasteiger partial charge in [-0.2, -0.15) is 5.10 Å². The number of nitrogens with one attached hydrogen (secondary N) is 2. The van der Waals surface area contributed by atoms with Crippen LogP contribution in [0.1, 0.15) is 12.5 Å². The maximum Gasteiger partial charge on any atom is 0.230 e. The number of para-hydroxylation sites is 1. The van der Waals surface area contributed by atoms with E-state index in [1.54, 1.807) is 25.3 Å². The average Bonchev–Trinajstić information content (AvgIpc) is 3.33. The molecule has 0 atom stereocenters. The molecular formula is C22H21ClN4O2. The Labute approximate surface area is 173 Å². The van der Waals surface area contributed by atoms with E-state index in [0.29, 0.717) is 16.6 Å². The van der Waals surface area contributed by atoms with Crippen LogP contribution in [0.25, 0.3) is 22.3 Å². The molecule has 0 saturated heterocycles. The maximum atomic E-state index is 12.4. The first-order valence-corrected chi connectivity index (χ1v) is 9.73. The van der Waals surface area contributed by atoms with Crippen molar-refractivity contribution in [1.82, 2.24) is 14.8 Å². The van der Waals surface area contributed by atoms with E-state index in [0.717, 1.165) is 23.5 Å². The van der Waals surface area contributed by atoms with Crippen LogP contribution >= 0.6 is 11.6 Å². The highest BCUT2D eigenvalue weighted by atomic mass is 35.5. The summed E-state index contributed by atoms with van der Waals surface area (Å²) in [5.74, 6) is 0.941. The average molecular weight is 409 g/mol. The van der Waals surface area contributed by atoms with E-state index in [-0.39, 0.29) is 12.3 Å². The Morgan fingerprint density at radius 2 is 2.03 bits per heavy atom. The van der Waals surface area contributed by atoms with E-state index in [1.165, 1.54) is 10.9 Å². The third-order valence-corrected chi connectivity index (χ3v) is 5.21. The molecule has 2 aromatic carbocycles. The molecule has 0 radical (unpaired) electrons. The van der Waals surface area contributed by atoms with Gasteiger partial charge in [0.15, 0.2) is 5.82 Å². The minimum atomic E-state index is -0.189. The van der Waals surface area contributed by atoms with Crippen molar-refractivity contribution in [3.63, 3.8) is 0 Å². The second kappa shape index (κ2) is 8.01. The Kier molecular flexibility index (Phi) is 5.27. The first-order valence-electron chi connectivity index (χ1n) is 9.35. The molecule has 2 N–H and O–H groups in total. The zero-order chi connectivity index (χ0) is 20.4. The smallest absolute Gasteiger partial charge is 0.230 e. The molecule has 4 rings (SSSR count). The number of H-pyrrole nitrogens is 1. The number of fused-ring (bicyclic) bond motifs is 1. The number of methoxy groups -OCH3 is 1. The topological polar surface area (TPSA) is 71.9 Å². The maximum absolute atomic E-state index is 12.4. The van der Waals surface area contributed by atoms with E-state index in [4.69, 9.17) is 16.3 Å². The van der Waals surface area contributed by atoms with Gasteiger partial charge < -0.3 is 14.6 Å². The van der Waals surface area contributed by atoms with Crippen molar-refractivity contribution in [3.05, 3.63) is 65.2 Å². The number of anilines is 1. The fourth-order valence-electron chi connectivity index (χ4n) is 3.45. The third kappa shape index (κ3) is 3.84. The van der Waals surface area contributed by atoms with Crippen LogP contribution in [0.3, 0.4) is 0 Å². The van der Waals surface area contributed by atoms with Crippen molar-refractivity contribution < 1.29 is 9.53 Å². The molecular weight excluding hydrogens is 388 g/mol. The number of ether oxygens (including phenoxy) is 1. The number of carbonyl (C=O) groups excluding carboxylic acids is 1. The van der Waals surface area contributed by atoms with Crippen LogP contribution in [0.2, 0.25) is 5.02 Å². The Morgan fingerprint density at radius 1 is 1.21 bits per heavy atom. The SMILES string of the molecule is CCn1c(-c2cc(NC(=O)Cc3ccc(OC)cc3Cl)n[nH]2)cc2ccccc21. The van der Waals surface area contributed by atoms with Gasteiger partial charge in [-0.25, -0.2) is 0 Å². The highest BCUT2D eigenvalue weighted by Gasteiger charge is 2.14. The Hall–Kier alpha value is -3.25. The lowest BCUT2D eigenvalue weighted by atomic mass is 10.1. The molecule has 0 bridgehead atoms. The summed E-state index contributed by atoms with van der Waals surface area (Å²) >= 11 is 6.23. The molecule has 0 fully saturated rings. The molecule has 0 aliphatic rings. The van der Waals surface area contributed by atoms with Crippen molar-refractivity contribution >= 4 is 34.2 Å². The number of hydrogen-bond acceptors (Lipinski definition) is 3. The second-order valence-corrected chi connectivity index (χ2v) is 7.09. The Morgan fingerprint density at radius 3 is 2.79 bits per heavy atom. The lowest BCUT2D eigenvalue weighted by molar-refractivity contribution is -0.115. The number of halogens is 1. The molecule has 2 heterocycles. The first kappa shape index (κ1) is 19.1. The van der Waals surface area contributed by atoms with Crippen molar-refractivity contribution in [1.29, 1.82) is 0 Å². The van der Waals surface area contributed by atoms with Gasteiger partial charge in [0.25, 0.3) is 0 Å². The summed E-state index contributed by atoms with van der Waals surface area (Å²) in [6.07, 6.45) is 0.153. The van der Waals surface area contributed by atoms with Gasteiger partial charge in [0.05, 0.1) is 24.9 Å². The normalized spacial score (nSPS) is 11.0. The molecule has 0 saturated carbocycles. The van der Waals surface area contributed by atoms with E-state index < -0.39 is 0 Å². The quantitative estimate of drug-likeness (QED) is 0.477. The Balaban J connectivity index is 1.52. The second-order valence-electron chi connectivity index (χ2n) is 6.68. The summed E-state index contributed by atoms with van der Waals surface area (Å²) in [5.41, 5.74) is 3.77. The molecule has 7 heteroatoms. The number of nitrogens with zero attached hydrogens (tertiary/aromatic N) is 2. The zero-order valence-corrected chi connectivity index (χ0v) is 17.0. The van der Waals surface area contributed by atoms with Gasteiger partial charge in [-0.3, -0.25) is 9.89 Å². The molecule has 0 spiro atoms. The summed E-state index contributed by atoms with van der Waals surface area (Å²) in [4.78, 5) is 12.4. The van der Waals surface area contributed by atoms with E-state index in [2.05, 4.69) is 45.2 Å². The van der Waals surface area contributed by atoms with Crippen LogP contribution in [0.4, 0.5) is 5.82 Å². The summed E-state index contributed by atoms with van der Waals surface area (Å²) in [7, 11) is 1.57. The third-order valence-electron chi connectivity index (χ3n) is 4.86. The highest BCUT2D eigenvalue weighted by Crippen LogP contribution is 2.28. The number of rotatable bonds is 6. The lowest BCUT2D eigenvalue weighted by Gasteiger charge is -2.06. The minimum absolute atomic E-state index is 0.153.